The number of fused-ring (bicyclic) bond motifs is 2. The molecule has 4 nitrogen and oxygen atoms in total. The molecule has 0 atom stereocenters. The van der Waals surface area contributed by atoms with Gasteiger partial charge in [0.1, 0.15) is 13.1 Å². The quantitative estimate of drug-likeness (QED) is 0.610. The average Bonchev–Trinajstić information content (AvgIpc) is 2.65. The number of unbranched alkanes of at least 4 members (excludes halogenated alkanes) is 1. The van der Waals surface area contributed by atoms with E-state index in [1.165, 1.54) is 77.3 Å². The van der Waals surface area contributed by atoms with Crippen molar-refractivity contribution in [2.24, 2.45) is 0 Å². The SMILES string of the molecule is [OH-].[OH-].c1cc2c([n+](CCCC[n+]3cccc4c3CCCC4)c1)CCCC2. The van der Waals surface area contributed by atoms with Gasteiger partial charge < -0.3 is 11.0 Å². The first-order valence-corrected chi connectivity index (χ1v) is 9.92. The third-order valence-electron chi connectivity index (χ3n) is 5.83. The molecule has 26 heavy (non-hydrogen) atoms. The van der Waals surface area contributed by atoms with Crippen LogP contribution < -0.4 is 9.13 Å². The number of aromatic nitrogens is 2. The van der Waals surface area contributed by atoms with E-state index in [-0.39, 0.29) is 11.0 Å². The van der Waals surface area contributed by atoms with E-state index in [4.69, 9.17) is 0 Å². The van der Waals surface area contributed by atoms with Gasteiger partial charge in [0.25, 0.3) is 0 Å². The monoisotopic (exact) mass is 356 g/mol. The number of nitrogens with zero attached hydrogens (tertiary/aromatic N) is 2. The molecule has 2 aliphatic rings. The fraction of sp³-hybridized carbons (Fsp3) is 0.545. The molecule has 0 aromatic carbocycles. The average molecular weight is 357 g/mol. The van der Waals surface area contributed by atoms with Crippen molar-refractivity contribution in [1.29, 1.82) is 0 Å². The third kappa shape index (κ3) is 4.49. The van der Waals surface area contributed by atoms with E-state index in [1.807, 2.05) is 0 Å². The largest absolute Gasteiger partial charge is 0.870 e. The highest BCUT2D eigenvalue weighted by molar-refractivity contribution is 5.18. The van der Waals surface area contributed by atoms with Gasteiger partial charge in [-0.15, -0.1) is 0 Å². The first kappa shape index (κ1) is 20.5. The molecular formula is C22H32N2O2. The fourth-order valence-corrected chi connectivity index (χ4v) is 4.53. The summed E-state index contributed by atoms with van der Waals surface area (Å²) in [5, 5.41) is 0. The highest BCUT2D eigenvalue weighted by atomic mass is 16.0. The molecule has 2 N–H and O–H groups in total. The summed E-state index contributed by atoms with van der Waals surface area (Å²) in [5.41, 5.74) is 6.40. The van der Waals surface area contributed by atoms with Gasteiger partial charge in [-0.05, 0) is 50.7 Å². The number of pyridine rings is 2. The number of hydrogen-bond acceptors (Lipinski definition) is 2. The molecule has 0 saturated heterocycles. The van der Waals surface area contributed by atoms with Crippen LogP contribution in [0.5, 0.6) is 0 Å². The maximum Gasteiger partial charge on any atom is 0.184 e. The zero-order valence-electron chi connectivity index (χ0n) is 15.7. The lowest BCUT2D eigenvalue weighted by molar-refractivity contribution is -0.715. The molecule has 0 bridgehead atoms. The third-order valence-corrected chi connectivity index (χ3v) is 5.83. The van der Waals surface area contributed by atoms with Crippen molar-refractivity contribution in [2.75, 3.05) is 0 Å². The summed E-state index contributed by atoms with van der Waals surface area (Å²) in [6.45, 7) is 2.36. The second-order valence-corrected chi connectivity index (χ2v) is 7.47. The summed E-state index contributed by atoms with van der Waals surface area (Å²) >= 11 is 0. The minimum atomic E-state index is 0. The Bertz CT molecular complexity index is 654. The molecule has 2 aromatic rings. The number of rotatable bonds is 5. The molecule has 0 aliphatic heterocycles. The van der Waals surface area contributed by atoms with Crippen LogP contribution in [0.3, 0.4) is 0 Å². The number of aryl methyl sites for hydroxylation is 4. The Kier molecular flexibility index (Phi) is 7.73. The summed E-state index contributed by atoms with van der Waals surface area (Å²) in [7, 11) is 0. The normalized spacial score (nSPS) is 15.2. The lowest BCUT2D eigenvalue weighted by atomic mass is 9.95. The summed E-state index contributed by atoms with van der Waals surface area (Å²) in [5.74, 6) is 0. The van der Waals surface area contributed by atoms with Crippen molar-refractivity contribution in [2.45, 2.75) is 77.3 Å². The van der Waals surface area contributed by atoms with E-state index in [9.17, 15) is 0 Å². The van der Waals surface area contributed by atoms with E-state index in [1.54, 1.807) is 22.5 Å². The van der Waals surface area contributed by atoms with Gasteiger partial charge in [0, 0.05) is 48.9 Å². The molecule has 2 aliphatic carbocycles. The Balaban J connectivity index is 0.00000121. The summed E-state index contributed by atoms with van der Waals surface area (Å²) in [6.07, 6.45) is 17.7. The van der Waals surface area contributed by atoms with Crippen LogP contribution in [-0.4, -0.2) is 11.0 Å². The Morgan fingerprint density at radius 3 is 1.50 bits per heavy atom. The summed E-state index contributed by atoms with van der Waals surface area (Å²) in [4.78, 5) is 0. The zero-order chi connectivity index (χ0) is 16.2. The Morgan fingerprint density at radius 1 is 0.615 bits per heavy atom. The van der Waals surface area contributed by atoms with Crippen molar-refractivity contribution in [3.05, 3.63) is 59.2 Å². The van der Waals surface area contributed by atoms with Crippen molar-refractivity contribution in [3.8, 4) is 0 Å². The molecule has 0 amide bonds. The standard InChI is InChI=1S/C22H30N2.2H2O/c1-3-13-21-19(9-1)11-7-17-23(21)15-5-6-16-24-18-8-12-20-10-2-4-14-22(20)24;;/h7-8,11-12,17-18H,1-6,9-10,13-16H2;2*1H2/q+2;;/p-2. The molecule has 0 radical (unpaired) electrons. The lowest BCUT2D eigenvalue weighted by Gasteiger charge is -2.14. The van der Waals surface area contributed by atoms with E-state index in [2.05, 4.69) is 45.8 Å². The van der Waals surface area contributed by atoms with Gasteiger partial charge in [0.15, 0.2) is 23.8 Å². The van der Waals surface area contributed by atoms with E-state index >= 15 is 0 Å². The maximum atomic E-state index is 2.53. The van der Waals surface area contributed by atoms with Gasteiger partial charge in [-0.1, -0.05) is 0 Å². The predicted octanol–water partition coefficient (Wildman–Crippen LogP) is 3.15. The van der Waals surface area contributed by atoms with Crippen LogP contribution in [0.4, 0.5) is 0 Å². The smallest absolute Gasteiger partial charge is 0.184 e. The molecule has 2 aromatic heterocycles. The van der Waals surface area contributed by atoms with Crippen LogP contribution in [0, 0.1) is 0 Å². The maximum absolute atomic E-state index is 2.53. The molecule has 4 rings (SSSR count). The Hall–Kier alpha value is -1.78. The Morgan fingerprint density at radius 2 is 1.04 bits per heavy atom. The van der Waals surface area contributed by atoms with Crippen molar-refractivity contribution < 1.29 is 20.1 Å². The molecule has 0 unspecified atom stereocenters. The predicted molar refractivity (Wildman–Crippen MR) is 99.7 cm³/mol. The van der Waals surface area contributed by atoms with Crippen molar-refractivity contribution in [3.63, 3.8) is 0 Å². The van der Waals surface area contributed by atoms with Crippen molar-refractivity contribution in [1.82, 2.24) is 0 Å². The lowest BCUT2D eigenvalue weighted by Crippen LogP contribution is -2.42. The van der Waals surface area contributed by atoms with Crippen molar-refractivity contribution >= 4 is 0 Å². The summed E-state index contributed by atoms with van der Waals surface area (Å²) in [6, 6.07) is 9.15. The molecule has 0 spiro atoms. The second kappa shape index (κ2) is 9.79. The minimum Gasteiger partial charge on any atom is -0.870 e. The molecule has 0 saturated carbocycles. The number of hydrogen-bond donors (Lipinski definition) is 0. The van der Waals surface area contributed by atoms with Crippen LogP contribution in [0.25, 0.3) is 0 Å². The van der Waals surface area contributed by atoms with E-state index < -0.39 is 0 Å². The molecular weight excluding hydrogens is 324 g/mol. The van der Waals surface area contributed by atoms with Gasteiger partial charge in [-0.3, -0.25) is 0 Å². The van der Waals surface area contributed by atoms with Gasteiger partial charge in [0.05, 0.1) is 0 Å². The van der Waals surface area contributed by atoms with Gasteiger partial charge >= 0.3 is 0 Å². The van der Waals surface area contributed by atoms with E-state index in [0.717, 1.165) is 0 Å². The molecule has 0 fully saturated rings. The topological polar surface area (TPSA) is 67.8 Å². The molecule has 2 heterocycles. The van der Waals surface area contributed by atoms with Gasteiger partial charge in [0.2, 0.25) is 0 Å². The van der Waals surface area contributed by atoms with Gasteiger partial charge in [-0.2, -0.15) is 0 Å². The molecule has 142 valence electrons. The highest BCUT2D eigenvalue weighted by Gasteiger charge is 2.21. The van der Waals surface area contributed by atoms with Crippen LogP contribution in [0.15, 0.2) is 36.7 Å². The molecule has 4 heteroatoms. The zero-order valence-corrected chi connectivity index (χ0v) is 15.7. The first-order chi connectivity index (χ1) is 11.9. The van der Waals surface area contributed by atoms with Crippen LogP contribution in [-0.2, 0) is 38.8 Å². The van der Waals surface area contributed by atoms with Gasteiger partial charge in [-0.25, -0.2) is 9.13 Å². The van der Waals surface area contributed by atoms with Crippen LogP contribution >= 0.6 is 0 Å². The minimum absolute atomic E-state index is 0. The highest BCUT2D eigenvalue weighted by Crippen LogP contribution is 2.18. The van der Waals surface area contributed by atoms with E-state index in [0.29, 0.717) is 0 Å². The summed E-state index contributed by atoms with van der Waals surface area (Å²) < 4.78 is 5.05. The van der Waals surface area contributed by atoms with Crippen LogP contribution in [0.2, 0.25) is 0 Å². The van der Waals surface area contributed by atoms with Crippen LogP contribution in [0.1, 0.15) is 61.0 Å². The second-order valence-electron chi connectivity index (χ2n) is 7.47. The Labute approximate surface area is 157 Å². The fourth-order valence-electron chi connectivity index (χ4n) is 4.53. The first-order valence-electron chi connectivity index (χ1n) is 9.92.